The number of alkyl halides is 2. The molecule has 0 aromatic carbocycles. The highest BCUT2D eigenvalue weighted by Crippen LogP contribution is 2.32. The molecule has 3 aliphatic rings. The molecule has 0 aromatic rings. The smallest absolute Gasteiger partial charge is 0.184 e. The Labute approximate surface area is 81.6 Å². The van der Waals surface area contributed by atoms with Crippen LogP contribution in [0, 0.1) is 0 Å². The first kappa shape index (κ1) is 12.4. The standard InChI is InChI=1S/C6H10Cl2N2.2H2O/c7-6(8)5-9-1-3-10(6)4-2-9;;/h1-5H2;2*1H2. The van der Waals surface area contributed by atoms with Crippen LogP contribution in [-0.4, -0.2) is 57.9 Å². The summed E-state index contributed by atoms with van der Waals surface area (Å²) in [4.78, 5) is 4.44. The van der Waals surface area contributed by atoms with Crippen LogP contribution in [0.5, 0.6) is 0 Å². The molecule has 0 amide bonds. The van der Waals surface area contributed by atoms with E-state index in [9.17, 15) is 0 Å². The zero-order valence-corrected chi connectivity index (χ0v) is 8.20. The van der Waals surface area contributed by atoms with Crippen LogP contribution in [0.3, 0.4) is 0 Å². The van der Waals surface area contributed by atoms with E-state index >= 15 is 0 Å². The van der Waals surface area contributed by atoms with Crippen molar-refractivity contribution in [3.05, 3.63) is 0 Å². The molecule has 0 aliphatic carbocycles. The molecule has 0 spiro atoms. The van der Waals surface area contributed by atoms with Crippen molar-refractivity contribution in [1.29, 1.82) is 0 Å². The number of nitrogens with zero attached hydrogens (tertiary/aromatic N) is 2. The molecule has 3 heterocycles. The minimum absolute atomic E-state index is 0. The quantitative estimate of drug-likeness (QED) is 0.389. The monoisotopic (exact) mass is 216 g/mol. The molecular formula is C6H14Cl2N2O2. The highest BCUT2D eigenvalue weighted by molar-refractivity contribution is 6.48. The average molecular weight is 217 g/mol. The van der Waals surface area contributed by atoms with Gasteiger partial charge in [0.05, 0.1) is 0 Å². The Morgan fingerprint density at radius 1 is 0.917 bits per heavy atom. The van der Waals surface area contributed by atoms with E-state index in [1.54, 1.807) is 0 Å². The van der Waals surface area contributed by atoms with Gasteiger partial charge in [0.15, 0.2) is 4.46 Å². The molecule has 6 heteroatoms. The van der Waals surface area contributed by atoms with Crippen molar-refractivity contribution < 1.29 is 11.0 Å². The summed E-state index contributed by atoms with van der Waals surface area (Å²) in [5.41, 5.74) is 0. The lowest BCUT2D eigenvalue weighted by molar-refractivity contribution is 0.0284. The molecule has 74 valence electrons. The summed E-state index contributed by atoms with van der Waals surface area (Å²) in [7, 11) is 0. The van der Waals surface area contributed by atoms with Crippen LogP contribution in [0.25, 0.3) is 0 Å². The van der Waals surface area contributed by atoms with Crippen LogP contribution in [0.2, 0.25) is 0 Å². The van der Waals surface area contributed by atoms with Crippen LogP contribution >= 0.6 is 23.2 Å². The fraction of sp³-hybridized carbons (Fsp3) is 1.00. The number of hydrogen-bond acceptors (Lipinski definition) is 2. The molecule has 0 aromatic heterocycles. The van der Waals surface area contributed by atoms with Gasteiger partial charge in [-0.1, -0.05) is 23.2 Å². The summed E-state index contributed by atoms with van der Waals surface area (Å²) in [6.45, 7) is 5.10. The Bertz CT molecular complexity index is 148. The predicted octanol–water partition coefficient (Wildman–Crippen LogP) is -0.900. The van der Waals surface area contributed by atoms with E-state index in [2.05, 4.69) is 9.80 Å². The molecule has 3 saturated heterocycles. The van der Waals surface area contributed by atoms with Crippen molar-refractivity contribution in [2.24, 2.45) is 0 Å². The second-order valence-corrected chi connectivity index (χ2v) is 4.37. The zero-order chi connectivity index (χ0) is 7.19. The fourth-order valence-electron chi connectivity index (χ4n) is 1.60. The third-order valence-electron chi connectivity index (χ3n) is 2.25. The van der Waals surface area contributed by atoms with Gasteiger partial charge in [0, 0.05) is 32.7 Å². The van der Waals surface area contributed by atoms with Gasteiger partial charge in [-0.05, 0) is 0 Å². The molecule has 3 rings (SSSR count). The lowest BCUT2D eigenvalue weighted by atomic mass is 10.2. The molecule has 0 saturated carbocycles. The van der Waals surface area contributed by atoms with Crippen LogP contribution < -0.4 is 0 Å². The molecule has 0 atom stereocenters. The zero-order valence-electron chi connectivity index (χ0n) is 6.69. The SMILES string of the molecule is ClC1(Cl)CN2CCN1CC2.O.O. The van der Waals surface area contributed by atoms with E-state index in [0.29, 0.717) is 0 Å². The normalized spacial score (nSPS) is 36.5. The molecule has 3 aliphatic heterocycles. The third kappa shape index (κ3) is 2.02. The van der Waals surface area contributed by atoms with Gasteiger partial charge in [-0.25, -0.2) is 0 Å². The highest BCUT2D eigenvalue weighted by Gasteiger charge is 2.41. The Balaban J connectivity index is 0.000000605. The van der Waals surface area contributed by atoms with Crippen LogP contribution in [0.15, 0.2) is 0 Å². The van der Waals surface area contributed by atoms with Crippen molar-refractivity contribution in [3.8, 4) is 0 Å². The first-order valence-electron chi connectivity index (χ1n) is 3.54. The minimum atomic E-state index is -0.601. The molecule has 0 unspecified atom stereocenters. The van der Waals surface area contributed by atoms with Gasteiger partial charge in [0.1, 0.15) is 0 Å². The molecule has 12 heavy (non-hydrogen) atoms. The van der Waals surface area contributed by atoms with Crippen molar-refractivity contribution >= 4 is 23.2 Å². The van der Waals surface area contributed by atoms with Gasteiger partial charge in [0.25, 0.3) is 0 Å². The second-order valence-electron chi connectivity index (χ2n) is 2.93. The van der Waals surface area contributed by atoms with Crippen molar-refractivity contribution in [3.63, 3.8) is 0 Å². The second kappa shape index (κ2) is 4.09. The summed E-state index contributed by atoms with van der Waals surface area (Å²) in [6.07, 6.45) is 0. The van der Waals surface area contributed by atoms with Crippen molar-refractivity contribution in [2.75, 3.05) is 32.7 Å². The van der Waals surface area contributed by atoms with Gasteiger partial charge in [-0.2, -0.15) is 0 Å². The molecule has 3 fully saturated rings. The Hall–Kier alpha value is 0.420. The van der Waals surface area contributed by atoms with Gasteiger partial charge < -0.3 is 11.0 Å². The summed E-state index contributed by atoms with van der Waals surface area (Å²) < 4.78 is -0.601. The largest absolute Gasteiger partial charge is 0.412 e. The maximum Gasteiger partial charge on any atom is 0.184 e. The van der Waals surface area contributed by atoms with E-state index in [1.165, 1.54) is 0 Å². The number of hydrogen-bond donors (Lipinski definition) is 0. The van der Waals surface area contributed by atoms with Crippen molar-refractivity contribution in [1.82, 2.24) is 9.80 Å². The average Bonchev–Trinajstić information content (AvgIpc) is 1.87. The van der Waals surface area contributed by atoms with Crippen LogP contribution in [0.1, 0.15) is 0 Å². The Morgan fingerprint density at radius 2 is 1.42 bits per heavy atom. The van der Waals surface area contributed by atoms with Gasteiger partial charge in [-0.3, -0.25) is 9.80 Å². The Morgan fingerprint density at radius 3 is 1.58 bits per heavy atom. The number of fused-ring (bicyclic) bond motifs is 3. The molecule has 4 nitrogen and oxygen atoms in total. The lowest BCUT2D eigenvalue weighted by Crippen LogP contribution is -2.63. The summed E-state index contributed by atoms with van der Waals surface area (Å²) in [6, 6.07) is 0. The summed E-state index contributed by atoms with van der Waals surface area (Å²) >= 11 is 12.0. The first-order chi connectivity index (χ1) is 4.68. The van der Waals surface area contributed by atoms with Gasteiger partial charge in [0.2, 0.25) is 0 Å². The van der Waals surface area contributed by atoms with Crippen molar-refractivity contribution in [2.45, 2.75) is 4.46 Å². The topological polar surface area (TPSA) is 69.5 Å². The number of halogens is 2. The lowest BCUT2D eigenvalue weighted by Gasteiger charge is -2.49. The van der Waals surface area contributed by atoms with E-state index in [-0.39, 0.29) is 11.0 Å². The molecule has 4 N–H and O–H groups in total. The fourth-order valence-corrected chi connectivity index (χ4v) is 2.28. The van der Waals surface area contributed by atoms with E-state index in [4.69, 9.17) is 23.2 Å². The van der Waals surface area contributed by atoms with E-state index < -0.39 is 4.46 Å². The summed E-state index contributed by atoms with van der Waals surface area (Å²) in [5, 5.41) is 0. The van der Waals surface area contributed by atoms with E-state index in [1.807, 2.05) is 0 Å². The first-order valence-corrected chi connectivity index (χ1v) is 4.29. The Kier molecular flexibility index (Phi) is 4.23. The van der Waals surface area contributed by atoms with Crippen LogP contribution in [-0.2, 0) is 0 Å². The third-order valence-corrected chi connectivity index (χ3v) is 2.97. The van der Waals surface area contributed by atoms with Gasteiger partial charge in [-0.15, -0.1) is 0 Å². The highest BCUT2D eigenvalue weighted by atomic mass is 35.5. The van der Waals surface area contributed by atoms with Gasteiger partial charge >= 0.3 is 0 Å². The summed E-state index contributed by atoms with van der Waals surface area (Å²) in [5.74, 6) is 0. The molecular weight excluding hydrogens is 203 g/mol. The molecule has 2 bridgehead atoms. The number of rotatable bonds is 0. The molecule has 0 radical (unpaired) electrons. The maximum absolute atomic E-state index is 6.02. The number of piperazine rings is 3. The maximum atomic E-state index is 6.02. The predicted molar refractivity (Wildman–Crippen MR) is 49.7 cm³/mol. The van der Waals surface area contributed by atoms with E-state index in [0.717, 1.165) is 32.7 Å². The minimum Gasteiger partial charge on any atom is -0.412 e. The van der Waals surface area contributed by atoms with Crippen LogP contribution in [0.4, 0.5) is 0 Å².